The van der Waals surface area contributed by atoms with Crippen molar-refractivity contribution in [3.05, 3.63) is 77.8 Å². The average Bonchev–Trinajstić information content (AvgIpc) is 2.76. The Morgan fingerprint density at radius 3 is 2.17 bits per heavy atom. The van der Waals surface area contributed by atoms with E-state index in [2.05, 4.69) is 20.0 Å². The summed E-state index contributed by atoms with van der Waals surface area (Å²) >= 11 is 6.09. The van der Waals surface area contributed by atoms with Gasteiger partial charge in [0, 0.05) is 11.8 Å². The zero-order chi connectivity index (χ0) is 21.1. The van der Waals surface area contributed by atoms with E-state index in [1.807, 2.05) is 12.1 Å². The second-order valence-corrected chi connectivity index (χ2v) is 8.39. The Balaban J connectivity index is 1.78. The molecule has 0 atom stereocenters. The van der Waals surface area contributed by atoms with Gasteiger partial charge in [-0.3, -0.25) is 4.72 Å². The molecule has 152 valence electrons. The number of methoxy groups -OCH3 is 1. The van der Waals surface area contributed by atoms with Crippen molar-refractivity contribution in [1.82, 2.24) is 9.97 Å². The lowest BCUT2D eigenvalue weighted by molar-refractivity contribution is 0.415. The molecular weight excluding hydrogens is 424 g/mol. The molecular formula is C21H17ClN4O3S. The quantitative estimate of drug-likeness (QED) is 0.445. The molecule has 4 aromatic rings. The lowest BCUT2D eigenvalue weighted by Gasteiger charge is -2.14. The summed E-state index contributed by atoms with van der Waals surface area (Å²) < 4.78 is 33.5. The summed E-state index contributed by atoms with van der Waals surface area (Å²) in [7, 11) is -2.34. The van der Waals surface area contributed by atoms with Crippen LogP contribution in [0, 0.1) is 0 Å². The van der Waals surface area contributed by atoms with Gasteiger partial charge in [0.25, 0.3) is 10.0 Å². The number of benzene rings is 3. The molecule has 7 nitrogen and oxygen atoms in total. The molecule has 0 unspecified atom stereocenters. The number of halogens is 1. The number of rotatable bonds is 6. The highest BCUT2D eigenvalue weighted by molar-refractivity contribution is 7.92. The van der Waals surface area contributed by atoms with Gasteiger partial charge in [0.05, 0.1) is 28.1 Å². The van der Waals surface area contributed by atoms with Crippen LogP contribution in [0.15, 0.2) is 77.7 Å². The molecule has 0 aliphatic carbocycles. The highest BCUT2D eigenvalue weighted by Crippen LogP contribution is 2.31. The number of sulfonamides is 1. The number of ether oxygens (including phenoxy) is 1. The summed E-state index contributed by atoms with van der Waals surface area (Å²) in [6, 6.07) is 20.4. The Hall–Kier alpha value is -3.36. The first-order valence-electron chi connectivity index (χ1n) is 8.91. The molecule has 0 bridgehead atoms. The van der Waals surface area contributed by atoms with Gasteiger partial charge in [-0.05, 0) is 36.4 Å². The van der Waals surface area contributed by atoms with Gasteiger partial charge in [-0.2, -0.15) is 0 Å². The number of hydrogen-bond acceptors (Lipinski definition) is 6. The topological polar surface area (TPSA) is 93.2 Å². The summed E-state index contributed by atoms with van der Waals surface area (Å²) in [4.78, 5) is 9.15. The predicted molar refractivity (Wildman–Crippen MR) is 118 cm³/mol. The molecule has 30 heavy (non-hydrogen) atoms. The lowest BCUT2D eigenvalue weighted by atomic mass is 10.3. The van der Waals surface area contributed by atoms with Crippen LogP contribution in [0.1, 0.15) is 0 Å². The summed E-state index contributed by atoms with van der Waals surface area (Å²) in [6.45, 7) is 0. The van der Waals surface area contributed by atoms with E-state index in [1.165, 1.54) is 19.2 Å². The number of fused-ring (bicyclic) bond motifs is 1. The highest BCUT2D eigenvalue weighted by atomic mass is 35.5. The van der Waals surface area contributed by atoms with Crippen molar-refractivity contribution in [2.45, 2.75) is 4.90 Å². The highest BCUT2D eigenvalue weighted by Gasteiger charge is 2.19. The fourth-order valence-electron chi connectivity index (χ4n) is 2.82. The third kappa shape index (κ3) is 4.14. The van der Waals surface area contributed by atoms with Gasteiger partial charge >= 0.3 is 0 Å². The van der Waals surface area contributed by atoms with Gasteiger partial charge in [-0.25, -0.2) is 18.4 Å². The van der Waals surface area contributed by atoms with Crippen LogP contribution < -0.4 is 14.8 Å². The van der Waals surface area contributed by atoms with Gasteiger partial charge in [0.15, 0.2) is 11.6 Å². The molecule has 0 fully saturated rings. The standard InChI is InChI=1S/C21H17ClN4O3S/c1-29-19-13-14(11-12-16(19)22)23-20-21(25-18-10-6-5-9-17(18)24-20)26-30(27,28)15-7-3-2-4-8-15/h2-13H,1H3,(H,23,24)(H,25,26). The van der Waals surface area contributed by atoms with E-state index >= 15 is 0 Å². The van der Waals surface area contributed by atoms with E-state index in [0.717, 1.165) is 0 Å². The maximum Gasteiger partial charge on any atom is 0.263 e. The summed E-state index contributed by atoms with van der Waals surface area (Å²) in [5.41, 5.74) is 1.78. The first-order chi connectivity index (χ1) is 14.5. The number of nitrogens with one attached hydrogen (secondary N) is 2. The Kier molecular flexibility index (Phi) is 5.43. The Morgan fingerprint density at radius 1 is 0.867 bits per heavy atom. The Bertz CT molecular complexity index is 1310. The minimum Gasteiger partial charge on any atom is -0.495 e. The van der Waals surface area contributed by atoms with E-state index in [0.29, 0.717) is 27.5 Å². The average molecular weight is 441 g/mol. The minimum atomic E-state index is -3.85. The third-order valence-corrected chi connectivity index (χ3v) is 5.94. The molecule has 0 saturated carbocycles. The molecule has 3 aromatic carbocycles. The Labute approximate surface area is 178 Å². The fraction of sp³-hybridized carbons (Fsp3) is 0.0476. The van der Waals surface area contributed by atoms with Crippen molar-refractivity contribution in [3.63, 3.8) is 0 Å². The van der Waals surface area contributed by atoms with E-state index < -0.39 is 10.0 Å². The fourth-order valence-corrected chi connectivity index (χ4v) is 4.04. The smallest absolute Gasteiger partial charge is 0.263 e. The normalized spacial score (nSPS) is 11.3. The zero-order valence-electron chi connectivity index (χ0n) is 15.8. The molecule has 0 amide bonds. The zero-order valence-corrected chi connectivity index (χ0v) is 17.4. The van der Waals surface area contributed by atoms with Crippen LogP contribution in [-0.2, 0) is 10.0 Å². The van der Waals surface area contributed by atoms with Crippen LogP contribution in [0.4, 0.5) is 17.3 Å². The molecule has 4 rings (SSSR count). The van der Waals surface area contributed by atoms with E-state index in [1.54, 1.807) is 48.5 Å². The SMILES string of the molecule is COc1cc(Nc2nc3ccccc3nc2NS(=O)(=O)c2ccccc2)ccc1Cl. The van der Waals surface area contributed by atoms with Gasteiger partial charge in [0.2, 0.25) is 0 Å². The lowest BCUT2D eigenvalue weighted by Crippen LogP contribution is -2.16. The number of hydrogen-bond donors (Lipinski definition) is 2. The van der Waals surface area contributed by atoms with Crippen molar-refractivity contribution >= 4 is 50.0 Å². The second-order valence-electron chi connectivity index (χ2n) is 6.30. The number of anilines is 3. The molecule has 0 aliphatic heterocycles. The Morgan fingerprint density at radius 2 is 1.50 bits per heavy atom. The van der Waals surface area contributed by atoms with Crippen LogP contribution in [0.2, 0.25) is 5.02 Å². The third-order valence-electron chi connectivity index (χ3n) is 4.27. The van der Waals surface area contributed by atoms with Crippen LogP contribution in [0.3, 0.4) is 0 Å². The molecule has 0 spiro atoms. The van der Waals surface area contributed by atoms with Crippen molar-refractivity contribution < 1.29 is 13.2 Å². The van der Waals surface area contributed by atoms with Gasteiger partial charge < -0.3 is 10.1 Å². The molecule has 1 aromatic heterocycles. The van der Waals surface area contributed by atoms with E-state index in [4.69, 9.17) is 16.3 Å². The molecule has 2 N–H and O–H groups in total. The first-order valence-corrected chi connectivity index (χ1v) is 10.8. The van der Waals surface area contributed by atoms with E-state index in [9.17, 15) is 8.42 Å². The van der Waals surface area contributed by atoms with Gasteiger partial charge in [-0.1, -0.05) is 41.9 Å². The second kappa shape index (κ2) is 8.17. The van der Waals surface area contributed by atoms with Crippen molar-refractivity contribution in [3.8, 4) is 5.75 Å². The summed E-state index contributed by atoms with van der Waals surface area (Å²) in [5.74, 6) is 0.797. The molecule has 0 saturated heterocycles. The van der Waals surface area contributed by atoms with Gasteiger partial charge in [0.1, 0.15) is 5.75 Å². The molecule has 9 heteroatoms. The van der Waals surface area contributed by atoms with Crippen LogP contribution in [-0.4, -0.2) is 25.5 Å². The summed E-state index contributed by atoms with van der Waals surface area (Å²) in [5, 5.41) is 3.56. The van der Waals surface area contributed by atoms with Crippen molar-refractivity contribution in [2.24, 2.45) is 0 Å². The minimum absolute atomic E-state index is 0.0754. The molecule has 0 aliphatic rings. The van der Waals surface area contributed by atoms with Crippen LogP contribution in [0.5, 0.6) is 5.75 Å². The first kappa shape index (κ1) is 19.9. The van der Waals surface area contributed by atoms with Crippen molar-refractivity contribution in [2.75, 3.05) is 17.1 Å². The maximum atomic E-state index is 12.8. The van der Waals surface area contributed by atoms with Crippen molar-refractivity contribution in [1.29, 1.82) is 0 Å². The number of aromatic nitrogens is 2. The van der Waals surface area contributed by atoms with Crippen LogP contribution in [0.25, 0.3) is 11.0 Å². The monoisotopic (exact) mass is 440 g/mol. The largest absolute Gasteiger partial charge is 0.495 e. The van der Waals surface area contributed by atoms with Crippen LogP contribution >= 0.6 is 11.6 Å². The summed E-state index contributed by atoms with van der Waals surface area (Å²) in [6.07, 6.45) is 0. The number of nitrogens with zero attached hydrogens (tertiary/aromatic N) is 2. The van der Waals surface area contributed by atoms with Gasteiger partial charge in [-0.15, -0.1) is 0 Å². The molecule has 1 heterocycles. The predicted octanol–water partition coefficient (Wildman–Crippen LogP) is 4.84. The molecule has 0 radical (unpaired) electrons. The number of para-hydroxylation sites is 2. The van der Waals surface area contributed by atoms with E-state index in [-0.39, 0.29) is 16.5 Å². The maximum absolute atomic E-state index is 12.8.